The fraction of sp³-hybridized carbons (Fsp3) is 0.278. The molecule has 0 aliphatic carbocycles. The van der Waals surface area contributed by atoms with Crippen molar-refractivity contribution in [1.29, 1.82) is 0 Å². The Morgan fingerprint density at radius 2 is 1.56 bits per heavy atom. The highest BCUT2D eigenvalue weighted by molar-refractivity contribution is 5.94. The van der Waals surface area contributed by atoms with Gasteiger partial charge in [0, 0.05) is 19.2 Å². The Labute approximate surface area is 144 Å². The standard InChI is InChI=1S/C18H19F2NO4/c1-21(18(22)12-5-6-13(19)14(20)9-12)10-11-7-15(23-2)17(25-4)16(8-11)24-3/h5-9H,10H2,1-4H3. The summed E-state index contributed by atoms with van der Waals surface area (Å²) in [6, 6.07) is 6.48. The summed E-state index contributed by atoms with van der Waals surface area (Å²) in [7, 11) is 6.06. The summed E-state index contributed by atoms with van der Waals surface area (Å²) in [4.78, 5) is 13.8. The molecule has 0 atom stereocenters. The van der Waals surface area contributed by atoms with E-state index in [1.807, 2.05) is 0 Å². The van der Waals surface area contributed by atoms with Gasteiger partial charge in [0.1, 0.15) is 0 Å². The van der Waals surface area contributed by atoms with Crippen molar-refractivity contribution >= 4 is 5.91 Å². The van der Waals surface area contributed by atoms with Crippen molar-refractivity contribution in [3.63, 3.8) is 0 Å². The molecule has 0 bridgehead atoms. The first-order valence-electron chi connectivity index (χ1n) is 7.40. The van der Waals surface area contributed by atoms with E-state index in [0.29, 0.717) is 17.2 Å². The quantitative estimate of drug-likeness (QED) is 0.802. The topological polar surface area (TPSA) is 48.0 Å². The van der Waals surface area contributed by atoms with Gasteiger partial charge in [-0.1, -0.05) is 0 Å². The molecule has 0 unspecified atom stereocenters. The number of rotatable bonds is 6. The summed E-state index contributed by atoms with van der Waals surface area (Å²) >= 11 is 0. The van der Waals surface area contributed by atoms with Crippen LogP contribution in [0.15, 0.2) is 30.3 Å². The van der Waals surface area contributed by atoms with Gasteiger partial charge in [-0.25, -0.2) is 8.78 Å². The van der Waals surface area contributed by atoms with E-state index < -0.39 is 17.5 Å². The van der Waals surface area contributed by atoms with Crippen LogP contribution in [-0.4, -0.2) is 39.2 Å². The van der Waals surface area contributed by atoms with E-state index >= 15 is 0 Å². The van der Waals surface area contributed by atoms with Gasteiger partial charge in [-0.3, -0.25) is 4.79 Å². The molecule has 7 heteroatoms. The summed E-state index contributed by atoms with van der Waals surface area (Å²) in [5.41, 5.74) is 0.793. The van der Waals surface area contributed by atoms with Crippen molar-refractivity contribution in [3.8, 4) is 17.2 Å². The minimum atomic E-state index is -1.06. The van der Waals surface area contributed by atoms with Crippen LogP contribution in [0.4, 0.5) is 8.78 Å². The number of carbonyl (C=O) groups excluding carboxylic acids is 1. The number of carbonyl (C=O) groups is 1. The Morgan fingerprint density at radius 3 is 2.04 bits per heavy atom. The predicted octanol–water partition coefficient (Wildman–Crippen LogP) is 3.26. The van der Waals surface area contributed by atoms with Crippen LogP contribution in [0, 0.1) is 11.6 Å². The minimum absolute atomic E-state index is 0.0637. The van der Waals surface area contributed by atoms with Gasteiger partial charge in [-0.2, -0.15) is 0 Å². The number of nitrogens with zero attached hydrogens (tertiary/aromatic N) is 1. The highest BCUT2D eigenvalue weighted by atomic mass is 19.2. The minimum Gasteiger partial charge on any atom is -0.493 e. The molecule has 2 aromatic carbocycles. The van der Waals surface area contributed by atoms with Crippen LogP contribution in [0.1, 0.15) is 15.9 Å². The van der Waals surface area contributed by atoms with E-state index in [9.17, 15) is 13.6 Å². The van der Waals surface area contributed by atoms with Crippen molar-refractivity contribution < 1.29 is 27.8 Å². The van der Waals surface area contributed by atoms with Gasteiger partial charge < -0.3 is 19.1 Å². The molecule has 134 valence electrons. The summed E-state index contributed by atoms with van der Waals surface area (Å²) in [6.07, 6.45) is 0. The molecule has 0 spiro atoms. The predicted molar refractivity (Wildman–Crippen MR) is 88.3 cm³/mol. The Bertz CT molecular complexity index is 755. The molecule has 2 aromatic rings. The Hall–Kier alpha value is -2.83. The molecule has 5 nitrogen and oxygen atoms in total. The first kappa shape index (κ1) is 18.5. The summed E-state index contributed by atoms with van der Waals surface area (Å²) < 4.78 is 42.1. The molecule has 0 aliphatic rings. The molecule has 0 saturated carbocycles. The van der Waals surface area contributed by atoms with Crippen molar-refractivity contribution in [3.05, 3.63) is 53.1 Å². The molecule has 2 rings (SSSR count). The first-order valence-corrected chi connectivity index (χ1v) is 7.40. The number of hydrogen-bond donors (Lipinski definition) is 0. The zero-order valence-electron chi connectivity index (χ0n) is 14.4. The smallest absolute Gasteiger partial charge is 0.254 e. The largest absolute Gasteiger partial charge is 0.493 e. The second-order valence-corrected chi connectivity index (χ2v) is 5.32. The van der Waals surface area contributed by atoms with E-state index in [-0.39, 0.29) is 12.1 Å². The van der Waals surface area contributed by atoms with E-state index in [2.05, 4.69) is 0 Å². The summed E-state index contributed by atoms with van der Waals surface area (Å²) in [5, 5.41) is 0. The van der Waals surface area contributed by atoms with Gasteiger partial charge in [0.15, 0.2) is 23.1 Å². The highest BCUT2D eigenvalue weighted by Crippen LogP contribution is 2.38. The van der Waals surface area contributed by atoms with Crippen LogP contribution in [0.3, 0.4) is 0 Å². The van der Waals surface area contributed by atoms with E-state index in [4.69, 9.17) is 14.2 Å². The van der Waals surface area contributed by atoms with Gasteiger partial charge in [-0.05, 0) is 35.9 Å². The second-order valence-electron chi connectivity index (χ2n) is 5.32. The fourth-order valence-corrected chi connectivity index (χ4v) is 2.42. The molecule has 0 saturated heterocycles. The van der Waals surface area contributed by atoms with Gasteiger partial charge in [0.25, 0.3) is 5.91 Å². The maximum atomic E-state index is 13.3. The van der Waals surface area contributed by atoms with E-state index in [1.165, 1.54) is 32.3 Å². The SMILES string of the molecule is COc1cc(CN(C)C(=O)c2ccc(F)c(F)c2)cc(OC)c1OC. The fourth-order valence-electron chi connectivity index (χ4n) is 2.42. The third kappa shape index (κ3) is 3.99. The molecule has 0 radical (unpaired) electrons. The lowest BCUT2D eigenvalue weighted by molar-refractivity contribution is 0.0784. The second kappa shape index (κ2) is 7.83. The van der Waals surface area contributed by atoms with E-state index in [1.54, 1.807) is 19.2 Å². The Morgan fingerprint density at radius 1 is 0.960 bits per heavy atom. The van der Waals surface area contributed by atoms with Gasteiger partial charge in [0.05, 0.1) is 21.3 Å². The lowest BCUT2D eigenvalue weighted by Crippen LogP contribution is -2.26. The number of hydrogen-bond acceptors (Lipinski definition) is 4. The average molecular weight is 351 g/mol. The van der Waals surface area contributed by atoms with Crippen LogP contribution < -0.4 is 14.2 Å². The lowest BCUT2D eigenvalue weighted by atomic mass is 10.1. The molecule has 1 amide bonds. The number of halogens is 2. The third-order valence-corrected chi connectivity index (χ3v) is 3.66. The molecule has 0 fully saturated rings. The van der Waals surface area contributed by atoms with Crippen molar-refractivity contribution in [2.75, 3.05) is 28.4 Å². The maximum absolute atomic E-state index is 13.3. The molecule has 0 aliphatic heterocycles. The maximum Gasteiger partial charge on any atom is 0.254 e. The third-order valence-electron chi connectivity index (χ3n) is 3.66. The van der Waals surface area contributed by atoms with Crippen molar-refractivity contribution in [1.82, 2.24) is 4.90 Å². The van der Waals surface area contributed by atoms with Crippen LogP contribution in [0.2, 0.25) is 0 Å². The number of ether oxygens (including phenoxy) is 3. The Kier molecular flexibility index (Phi) is 5.80. The zero-order valence-corrected chi connectivity index (χ0v) is 14.4. The Balaban J connectivity index is 2.26. The molecule has 25 heavy (non-hydrogen) atoms. The molecule has 0 N–H and O–H groups in total. The van der Waals surface area contributed by atoms with Crippen molar-refractivity contribution in [2.45, 2.75) is 6.54 Å². The van der Waals surface area contributed by atoms with Gasteiger partial charge in [-0.15, -0.1) is 0 Å². The zero-order chi connectivity index (χ0) is 18.6. The van der Waals surface area contributed by atoms with Crippen LogP contribution in [-0.2, 0) is 6.54 Å². The summed E-state index contributed by atoms with van der Waals surface area (Å²) in [5.74, 6) is -1.12. The number of amides is 1. The highest BCUT2D eigenvalue weighted by Gasteiger charge is 2.18. The summed E-state index contributed by atoms with van der Waals surface area (Å²) in [6.45, 7) is 0.217. The van der Waals surface area contributed by atoms with E-state index in [0.717, 1.165) is 17.7 Å². The number of benzene rings is 2. The number of methoxy groups -OCH3 is 3. The van der Waals surface area contributed by atoms with Crippen LogP contribution in [0.5, 0.6) is 17.2 Å². The normalized spacial score (nSPS) is 10.3. The van der Waals surface area contributed by atoms with Crippen LogP contribution >= 0.6 is 0 Å². The lowest BCUT2D eigenvalue weighted by Gasteiger charge is -2.19. The monoisotopic (exact) mass is 351 g/mol. The molecule has 0 heterocycles. The average Bonchev–Trinajstić information content (AvgIpc) is 2.62. The molecular weight excluding hydrogens is 332 g/mol. The van der Waals surface area contributed by atoms with Gasteiger partial charge >= 0.3 is 0 Å². The first-order chi connectivity index (χ1) is 11.9. The van der Waals surface area contributed by atoms with Crippen molar-refractivity contribution in [2.24, 2.45) is 0 Å². The van der Waals surface area contributed by atoms with Gasteiger partial charge in [0.2, 0.25) is 5.75 Å². The molecular formula is C18H19F2NO4. The van der Waals surface area contributed by atoms with Crippen LogP contribution in [0.25, 0.3) is 0 Å². The molecule has 0 aromatic heterocycles.